The summed E-state index contributed by atoms with van der Waals surface area (Å²) in [4.78, 5) is 26.5. The summed E-state index contributed by atoms with van der Waals surface area (Å²) in [7, 11) is 1.67. The Morgan fingerprint density at radius 2 is 1.44 bits per heavy atom. The van der Waals surface area contributed by atoms with E-state index in [1.54, 1.807) is 7.11 Å². The van der Waals surface area contributed by atoms with Crippen molar-refractivity contribution >= 4 is 28.4 Å². The number of hydrogen-bond donors (Lipinski definition) is 2. The van der Waals surface area contributed by atoms with Crippen LogP contribution in [0.5, 0.6) is 5.75 Å². The van der Waals surface area contributed by atoms with E-state index in [9.17, 15) is 0 Å². The maximum absolute atomic E-state index is 9.10. The molecule has 0 amide bonds. The molecular formula is C28H34N2O6. The number of ether oxygens (including phenoxy) is 1. The highest BCUT2D eigenvalue weighted by Crippen LogP contribution is 2.23. The van der Waals surface area contributed by atoms with Crippen molar-refractivity contribution < 1.29 is 29.4 Å². The molecule has 3 aromatic rings. The lowest BCUT2D eigenvalue weighted by Gasteiger charge is -2.29. The molecule has 192 valence electrons. The highest BCUT2D eigenvalue weighted by Gasteiger charge is 2.14. The molecule has 3 rings (SSSR count). The van der Waals surface area contributed by atoms with E-state index in [0.29, 0.717) is 18.7 Å². The molecule has 0 aliphatic carbocycles. The topological polar surface area (TPSA) is 109 Å². The number of oxime groups is 1. The Morgan fingerprint density at radius 1 is 0.861 bits per heavy atom. The quantitative estimate of drug-likeness (QED) is 0.189. The van der Waals surface area contributed by atoms with Gasteiger partial charge in [0, 0.05) is 29.8 Å². The molecule has 0 aliphatic heterocycles. The van der Waals surface area contributed by atoms with Gasteiger partial charge in [-0.25, -0.2) is 9.59 Å². The highest BCUT2D eigenvalue weighted by molar-refractivity contribution is 6.27. The Hall–Kier alpha value is -3.91. The average molecular weight is 495 g/mol. The summed E-state index contributed by atoms with van der Waals surface area (Å²) in [5, 5.41) is 21.7. The first kappa shape index (κ1) is 28.3. The van der Waals surface area contributed by atoms with Gasteiger partial charge in [0.1, 0.15) is 18.1 Å². The lowest BCUT2D eigenvalue weighted by molar-refractivity contribution is -0.159. The Labute approximate surface area is 211 Å². The van der Waals surface area contributed by atoms with E-state index in [-0.39, 0.29) is 0 Å². The lowest BCUT2D eigenvalue weighted by Crippen LogP contribution is -2.39. The maximum Gasteiger partial charge on any atom is 0.414 e. The molecule has 0 heterocycles. The van der Waals surface area contributed by atoms with Gasteiger partial charge >= 0.3 is 11.9 Å². The molecule has 0 atom stereocenters. The minimum atomic E-state index is -1.82. The summed E-state index contributed by atoms with van der Waals surface area (Å²) < 4.78 is 5.32. The van der Waals surface area contributed by atoms with E-state index in [1.807, 2.05) is 24.3 Å². The summed E-state index contributed by atoms with van der Waals surface area (Å²) in [5.41, 5.74) is 2.88. The van der Waals surface area contributed by atoms with Crippen LogP contribution in [-0.4, -0.2) is 65.1 Å². The first-order valence-corrected chi connectivity index (χ1v) is 11.7. The summed E-state index contributed by atoms with van der Waals surface area (Å²) in [6.45, 7) is 10.2. The van der Waals surface area contributed by atoms with E-state index in [2.05, 4.69) is 80.2 Å². The lowest BCUT2D eigenvalue weighted by atomic mass is 9.96. The van der Waals surface area contributed by atoms with Gasteiger partial charge in [0.2, 0.25) is 0 Å². The zero-order valence-electron chi connectivity index (χ0n) is 21.3. The maximum atomic E-state index is 9.10. The molecule has 0 fully saturated rings. The van der Waals surface area contributed by atoms with Crippen LogP contribution in [0.15, 0.2) is 71.9 Å². The summed E-state index contributed by atoms with van der Waals surface area (Å²) in [6, 6.07) is 23.5. The van der Waals surface area contributed by atoms with Crippen LogP contribution in [0.2, 0.25) is 0 Å². The number of nitrogens with zero attached hydrogens (tertiary/aromatic N) is 2. The second-order valence-electron chi connectivity index (χ2n) is 8.56. The van der Waals surface area contributed by atoms with Crippen LogP contribution in [0.3, 0.4) is 0 Å². The van der Waals surface area contributed by atoms with Crippen LogP contribution >= 0.6 is 0 Å². The van der Waals surface area contributed by atoms with E-state index in [1.165, 1.54) is 5.39 Å². The molecule has 36 heavy (non-hydrogen) atoms. The molecule has 0 saturated carbocycles. The van der Waals surface area contributed by atoms with Crippen molar-refractivity contribution in [3.05, 3.63) is 77.9 Å². The van der Waals surface area contributed by atoms with Gasteiger partial charge in [-0.15, -0.1) is 0 Å². The Bertz CT molecular complexity index is 1150. The zero-order valence-corrected chi connectivity index (χ0v) is 21.3. The second-order valence-corrected chi connectivity index (χ2v) is 8.56. The Morgan fingerprint density at radius 3 is 2.00 bits per heavy atom. The van der Waals surface area contributed by atoms with Crippen molar-refractivity contribution in [3.63, 3.8) is 0 Å². The van der Waals surface area contributed by atoms with Crippen molar-refractivity contribution in [1.82, 2.24) is 4.90 Å². The number of methoxy groups -OCH3 is 1. The fraction of sp³-hybridized carbons (Fsp3) is 0.321. The predicted molar refractivity (Wildman–Crippen MR) is 141 cm³/mol. The zero-order chi connectivity index (χ0) is 26.7. The number of benzene rings is 3. The fourth-order valence-corrected chi connectivity index (χ4v) is 3.81. The average Bonchev–Trinajstić information content (AvgIpc) is 2.86. The fourth-order valence-electron chi connectivity index (χ4n) is 3.81. The largest absolute Gasteiger partial charge is 0.497 e. The normalized spacial score (nSPS) is 11.4. The smallest absolute Gasteiger partial charge is 0.414 e. The molecule has 0 spiro atoms. The van der Waals surface area contributed by atoms with Crippen molar-refractivity contribution in [3.8, 4) is 5.75 Å². The molecule has 0 radical (unpaired) electrons. The second kappa shape index (κ2) is 13.8. The monoisotopic (exact) mass is 494 g/mol. The predicted octanol–water partition coefficient (Wildman–Crippen LogP) is 4.89. The molecule has 0 bridgehead atoms. The number of fused-ring (bicyclic) bond motifs is 1. The van der Waals surface area contributed by atoms with Crippen LogP contribution in [0, 0.1) is 0 Å². The first-order valence-electron chi connectivity index (χ1n) is 11.7. The third kappa shape index (κ3) is 8.09. The van der Waals surface area contributed by atoms with Crippen LogP contribution < -0.4 is 4.74 Å². The van der Waals surface area contributed by atoms with E-state index in [4.69, 9.17) is 29.4 Å². The van der Waals surface area contributed by atoms with Gasteiger partial charge in [-0.2, -0.15) is 0 Å². The van der Waals surface area contributed by atoms with Crippen molar-refractivity contribution in [2.24, 2.45) is 5.16 Å². The van der Waals surface area contributed by atoms with Gasteiger partial charge < -0.3 is 19.8 Å². The van der Waals surface area contributed by atoms with E-state index >= 15 is 0 Å². The number of aliphatic carboxylic acids is 2. The van der Waals surface area contributed by atoms with E-state index < -0.39 is 11.9 Å². The number of hydrogen-bond acceptors (Lipinski definition) is 6. The molecular weight excluding hydrogens is 460 g/mol. The van der Waals surface area contributed by atoms with Crippen LogP contribution in [0.25, 0.3) is 10.8 Å². The van der Waals surface area contributed by atoms with Gasteiger partial charge in [-0.05, 0) is 62.7 Å². The van der Waals surface area contributed by atoms with Crippen LogP contribution in [0.1, 0.15) is 38.8 Å². The van der Waals surface area contributed by atoms with Gasteiger partial charge in [0.05, 0.1) is 7.11 Å². The Kier molecular flexibility index (Phi) is 10.9. The molecule has 0 unspecified atom stereocenters. The SMILES string of the molecule is COc1ccc(C(=NOCCN(C(C)C)C(C)C)c2cccc3ccccc23)cc1.O=C(O)C(=O)O. The van der Waals surface area contributed by atoms with Crippen molar-refractivity contribution in [1.29, 1.82) is 0 Å². The first-order chi connectivity index (χ1) is 17.1. The Balaban J connectivity index is 0.000000678. The van der Waals surface area contributed by atoms with Gasteiger partial charge in [-0.1, -0.05) is 47.6 Å². The van der Waals surface area contributed by atoms with Crippen LogP contribution in [0.4, 0.5) is 0 Å². The molecule has 0 aromatic heterocycles. The van der Waals surface area contributed by atoms with Crippen molar-refractivity contribution in [2.75, 3.05) is 20.3 Å². The number of carbonyl (C=O) groups is 2. The minimum Gasteiger partial charge on any atom is -0.497 e. The third-order valence-electron chi connectivity index (χ3n) is 5.51. The molecule has 3 aromatic carbocycles. The van der Waals surface area contributed by atoms with Crippen LogP contribution in [-0.2, 0) is 14.4 Å². The number of carboxylic acids is 2. The number of carboxylic acid groups (broad SMARTS) is 2. The summed E-state index contributed by atoms with van der Waals surface area (Å²) in [6.07, 6.45) is 0. The molecule has 0 aliphatic rings. The molecule has 2 N–H and O–H groups in total. The van der Waals surface area contributed by atoms with Gasteiger partial charge in [-0.3, -0.25) is 4.90 Å². The summed E-state index contributed by atoms with van der Waals surface area (Å²) in [5.74, 6) is -2.83. The summed E-state index contributed by atoms with van der Waals surface area (Å²) >= 11 is 0. The number of rotatable bonds is 9. The van der Waals surface area contributed by atoms with Gasteiger partial charge in [0.25, 0.3) is 0 Å². The third-order valence-corrected chi connectivity index (χ3v) is 5.51. The molecule has 8 heteroatoms. The highest BCUT2D eigenvalue weighted by atomic mass is 16.6. The standard InChI is InChI=1S/C26H32N2O2.C2H2O4/c1-19(2)28(20(3)4)17-18-30-27-26(22-13-15-23(29-5)16-14-22)25-12-8-10-21-9-6-7-11-24(21)25;3-1(4)2(5)6/h6-16,19-20H,17-18H2,1-5H3;(H,3,4)(H,5,6). The van der Waals surface area contributed by atoms with E-state index in [0.717, 1.165) is 34.5 Å². The molecule has 0 saturated heterocycles. The minimum absolute atomic E-state index is 0.469. The molecule has 8 nitrogen and oxygen atoms in total. The van der Waals surface area contributed by atoms with Gasteiger partial charge in [0.15, 0.2) is 0 Å². The van der Waals surface area contributed by atoms with Crippen molar-refractivity contribution in [2.45, 2.75) is 39.8 Å².